The molecule has 2 aromatic rings. The minimum Gasteiger partial charge on any atom is -0.264 e. The summed E-state index contributed by atoms with van der Waals surface area (Å²) >= 11 is 0. The van der Waals surface area contributed by atoms with Crippen molar-refractivity contribution in [2.24, 2.45) is 0 Å². The van der Waals surface area contributed by atoms with Crippen molar-refractivity contribution in [2.75, 3.05) is 0 Å². The second kappa shape index (κ2) is 3.17. The maximum absolute atomic E-state index is 4.21. The van der Waals surface area contributed by atoms with Gasteiger partial charge in [0.15, 0.2) is 0 Å². The molecule has 0 spiro atoms. The normalized spacial score (nSPS) is 10.6. The second-order valence-corrected chi connectivity index (χ2v) is 3.38. The van der Waals surface area contributed by atoms with E-state index in [1.807, 2.05) is 12.4 Å². The largest absolute Gasteiger partial charge is 0.264 e. The Labute approximate surface area is 78.4 Å². The summed E-state index contributed by atoms with van der Waals surface area (Å²) in [4.78, 5) is 4.21. The fraction of sp³-hybridized carbons (Fsp3) is 0.250. The maximum atomic E-state index is 4.21. The zero-order valence-electron chi connectivity index (χ0n) is 8.04. The van der Waals surface area contributed by atoms with Crippen LogP contribution >= 0.6 is 0 Å². The van der Waals surface area contributed by atoms with Crippen LogP contribution in [-0.4, -0.2) is 4.98 Å². The van der Waals surface area contributed by atoms with Crippen LogP contribution < -0.4 is 0 Å². The maximum Gasteiger partial charge on any atom is 0.0346 e. The molecule has 66 valence electrons. The minimum atomic E-state index is 1.05. The van der Waals surface area contributed by atoms with Gasteiger partial charge in [-0.3, -0.25) is 4.98 Å². The minimum absolute atomic E-state index is 1.05. The monoisotopic (exact) mass is 171 g/mol. The number of hydrogen-bond acceptors (Lipinski definition) is 1. The molecule has 0 fully saturated rings. The summed E-state index contributed by atoms with van der Waals surface area (Å²) in [6.45, 7) is 4.29. The average Bonchev–Trinajstić information content (AvgIpc) is 2.17. The lowest BCUT2D eigenvalue weighted by molar-refractivity contribution is 1.13. The Morgan fingerprint density at radius 2 is 2.08 bits per heavy atom. The van der Waals surface area contributed by atoms with Crippen molar-refractivity contribution in [3.05, 3.63) is 41.7 Å². The molecule has 0 aliphatic heterocycles. The van der Waals surface area contributed by atoms with Crippen molar-refractivity contribution < 1.29 is 0 Å². The highest BCUT2D eigenvalue weighted by atomic mass is 14.6. The van der Waals surface area contributed by atoms with E-state index in [1.165, 1.54) is 21.9 Å². The Bertz CT molecular complexity index is 432. The highest BCUT2D eigenvalue weighted by molar-refractivity contribution is 5.85. The first kappa shape index (κ1) is 8.24. The lowest BCUT2D eigenvalue weighted by Gasteiger charge is -2.03. The van der Waals surface area contributed by atoms with E-state index in [1.54, 1.807) is 0 Å². The van der Waals surface area contributed by atoms with Gasteiger partial charge in [-0.1, -0.05) is 30.7 Å². The molecule has 1 aromatic carbocycles. The predicted molar refractivity (Wildman–Crippen MR) is 55.9 cm³/mol. The van der Waals surface area contributed by atoms with E-state index in [4.69, 9.17) is 0 Å². The number of aromatic nitrogens is 1. The van der Waals surface area contributed by atoms with Crippen LogP contribution in [0, 0.1) is 6.92 Å². The number of pyridine rings is 1. The molecule has 0 unspecified atom stereocenters. The molecule has 0 atom stereocenters. The SMILES string of the molecule is CCc1cncc2ccc(C)cc12. The van der Waals surface area contributed by atoms with Crippen LogP contribution in [0.4, 0.5) is 0 Å². The zero-order chi connectivity index (χ0) is 9.26. The summed E-state index contributed by atoms with van der Waals surface area (Å²) < 4.78 is 0. The van der Waals surface area contributed by atoms with E-state index in [-0.39, 0.29) is 0 Å². The van der Waals surface area contributed by atoms with Gasteiger partial charge in [-0.15, -0.1) is 0 Å². The highest BCUT2D eigenvalue weighted by Gasteiger charge is 1.98. The number of rotatable bonds is 1. The molecular formula is C12H13N. The Kier molecular flexibility index (Phi) is 2.01. The molecule has 0 N–H and O–H groups in total. The van der Waals surface area contributed by atoms with E-state index < -0.39 is 0 Å². The lowest BCUT2D eigenvalue weighted by atomic mass is 10.0. The van der Waals surface area contributed by atoms with Crippen LogP contribution in [0.5, 0.6) is 0 Å². The predicted octanol–water partition coefficient (Wildman–Crippen LogP) is 3.11. The molecule has 0 aliphatic carbocycles. The van der Waals surface area contributed by atoms with E-state index >= 15 is 0 Å². The van der Waals surface area contributed by atoms with Crippen LogP contribution in [0.25, 0.3) is 10.8 Å². The van der Waals surface area contributed by atoms with E-state index in [2.05, 4.69) is 37.0 Å². The van der Waals surface area contributed by atoms with E-state index in [0.29, 0.717) is 0 Å². The third kappa shape index (κ3) is 1.42. The lowest BCUT2D eigenvalue weighted by Crippen LogP contribution is -1.86. The first-order valence-corrected chi connectivity index (χ1v) is 4.64. The first-order chi connectivity index (χ1) is 6.31. The van der Waals surface area contributed by atoms with Crippen molar-refractivity contribution >= 4 is 10.8 Å². The van der Waals surface area contributed by atoms with Gasteiger partial charge in [0.25, 0.3) is 0 Å². The number of fused-ring (bicyclic) bond motifs is 1. The van der Waals surface area contributed by atoms with Crippen molar-refractivity contribution in [1.82, 2.24) is 4.98 Å². The highest BCUT2D eigenvalue weighted by Crippen LogP contribution is 2.19. The summed E-state index contributed by atoms with van der Waals surface area (Å²) in [6, 6.07) is 6.50. The third-order valence-corrected chi connectivity index (χ3v) is 2.38. The van der Waals surface area contributed by atoms with E-state index in [0.717, 1.165) is 6.42 Å². The molecule has 0 radical (unpaired) electrons. The van der Waals surface area contributed by atoms with Gasteiger partial charge in [0, 0.05) is 17.8 Å². The average molecular weight is 171 g/mol. The molecule has 0 amide bonds. The number of aryl methyl sites for hydroxylation is 2. The van der Waals surface area contributed by atoms with Gasteiger partial charge < -0.3 is 0 Å². The van der Waals surface area contributed by atoms with Gasteiger partial charge in [0.1, 0.15) is 0 Å². The molecule has 0 aliphatic rings. The molecule has 1 heteroatoms. The second-order valence-electron chi connectivity index (χ2n) is 3.38. The number of benzene rings is 1. The van der Waals surface area contributed by atoms with Crippen molar-refractivity contribution in [2.45, 2.75) is 20.3 Å². The van der Waals surface area contributed by atoms with Crippen LogP contribution in [-0.2, 0) is 6.42 Å². The summed E-state index contributed by atoms with van der Waals surface area (Å²) in [5.41, 5.74) is 2.65. The van der Waals surface area contributed by atoms with Crippen molar-refractivity contribution in [3.8, 4) is 0 Å². The number of hydrogen-bond donors (Lipinski definition) is 0. The fourth-order valence-corrected chi connectivity index (χ4v) is 1.62. The van der Waals surface area contributed by atoms with Gasteiger partial charge in [-0.2, -0.15) is 0 Å². The standard InChI is InChI=1S/C12H13N/c1-3-10-7-13-8-11-5-4-9(2)6-12(10)11/h4-8H,3H2,1-2H3. The summed E-state index contributed by atoms with van der Waals surface area (Å²) in [6.07, 6.45) is 4.93. The fourth-order valence-electron chi connectivity index (χ4n) is 1.62. The topological polar surface area (TPSA) is 12.9 Å². The summed E-state index contributed by atoms with van der Waals surface area (Å²) in [5, 5.41) is 2.59. The van der Waals surface area contributed by atoms with Gasteiger partial charge >= 0.3 is 0 Å². The molecular weight excluding hydrogens is 158 g/mol. The molecule has 1 aromatic heterocycles. The smallest absolute Gasteiger partial charge is 0.0346 e. The molecule has 1 nitrogen and oxygen atoms in total. The zero-order valence-corrected chi connectivity index (χ0v) is 8.04. The Hall–Kier alpha value is -1.37. The van der Waals surface area contributed by atoms with Crippen LogP contribution in [0.2, 0.25) is 0 Å². The molecule has 0 saturated heterocycles. The molecule has 0 saturated carbocycles. The summed E-state index contributed by atoms with van der Waals surface area (Å²) in [5.74, 6) is 0. The molecule has 13 heavy (non-hydrogen) atoms. The first-order valence-electron chi connectivity index (χ1n) is 4.64. The van der Waals surface area contributed by atoms with Gasteiger partial charge in [-0.25, -0.2) is 0 Å². The van der Waals surface area contributed by atoms with Gasteiger partial charge in [0.05, 0.1) is 0 Å². The number of nitrogens with zero attached hydrogens (tertiary/aromatic N) is 1. The quantitative estimate of drug-likeness (QED) is 0.642. The van der Waals surface area contributed by atoms with Crippen LogP contribution in [0.1, 0.15) is 18.1 Å². The molecule has 1 heterocycles. The Balaban J connectivity index is 2.79. The Morgan fingerprint density at radius 1 is 1.23 bits per heavy atom. The van der Waals surface area contributed by atoms with Gasteiger partial charge in [0.2, 0.25) is 0 Å². The summed E-state index contributed by atoms with van der Waals surface area (Å²) in [7, 11) is 0. The third-order valence-electron chi connectivity index (χ3n) is 2.38. The van der Waals surface area contributed by atoms with Crippen LogP contribution in [0.15, 0.2) is 30.6 Å². The molecule has 0 bridgehead atoms. The Morgan fingerprint density at radius 3 is 2.85 bits per heavy atom. The van der Waals surface area contributed by atoms with Crippen molar-refractivity contribution in [3.63, 3.8) is 0 Å². The van der Waals surface area contributed by atoms with E-state index in [9.17, 15) is 0 Å². The van der Waals surface area contributed by atoms with Crippen LogP contribution in [0.3, 0.4) is 0 Å². The van der Waals surface area contributed by atoms with Crippen molar-refractivity contribution in [1.29, 1.82) is 0 Å². The van der Waals surface area contributed by atoms with Gasteiger partial charge in [-0.05, 0) is 24.3 Å². The molecule has 2 rings (SSSR count).